The zero-order chi connectivity index (χ0) is 32.7. The van der Waals surface area contributed by atoms with Crippen LogP contribution in [-0.4, -0.2) is 124 Å². The minimum Gasteiger partial charge on any atom is -0.392 e. The highest BCUT2D eigenvalue weighted by Crippen LogP contribution is 2.78. The molecule has 12 rings (SSSR count). The number of rotatable bonds is 3. The number of hydrogen-bond acceptors (Lipinski definition) is 13. The first-order valence-electron chi connectivity index (χ1n) is 15.1. The number of nitrogens with one attached hydrogen (secondary N) is 2. The molecule has 10 aliphatic rings. The first kappa shape index (κ1) is 29.1. The molecule has 244 valence electrons. The van der Waals surface area contributed by atoms with Crippen molar-refractivity contribution in [2.45, 2.75) is 55.2 Å². The Morgan fingerprint density at radius 2 is 1.28 bits per heavy atom. The van der Waals surface area contributed by atoms with Gasteiger partial charge in [-0.25, -0.2) is 0 Å². The number of nitrogens with zero attached hydrogens (tertiary/aromatic N) is 4. The average Bonchev–Trinajstić information content (AvgIpc) is 3.75. The van der Waals surface area contributed by atoms with E-state index in [4.69, 9.17) is 0 Å². The van der Waals surface area contributed by atoms with Gasteiger partial charge in [0, 0.05) is 31.9 Å². The Labute approximate surface area is 283 Å². The molecule has 9 unspecified atom stereocenters. The molecule has 0 aliphatic carbocycles. The largest absolute Gasteiger partial charge is 0.392 e. The van der Waals surface area contributed by atoms with Gasteiger partial charge in [-0.05, 0) is 55.6 Å². The second-order valence-electron chi connectivity index (χ2n) is 13.4. The van der Waals surface area contributed by atoms with Crippen molar-refractivity contribution in [3.05, 3.63) is 59.7 Å². The summed E-state index contributed by atoms with van der Waals surface area (Å²) in [5.41, 5.74) is -0.00856. The van der Waals surface area contributed by atoms with Gasteiger partial charge in [0.1, 0.15) is 18.4 Å². The summed E-state index contributed by atoms with van der Waals surface area (Å²) in [5, 5.41) is 41.7. The van der Waals surface area contributed by atoms with E-state index in [1.54, 1.807) is 4.90 Å². The topological polar surface area (TPSA) is 166 Å². The van der Waals surface area contributed by atoms with E-state index < -0.39 is 79.7 Å². The number of para-hydroxylation sites is 2. The molecule has 8 saturated heterocycles. The zero-order valence-corrected chi connectivity index (χ0v) is 28.1. The number of aliphatic hydroxyl groups is 3. The minimum absolute atomic E-state index is 0.0530. The van der Waals surface area contributed by atoms with Gasteiger partial charge in [0.2, 0.25) is 14.6 Å². The smallest absolute Gasteiger partial charge is 0.265 e. The molecule has 0 aromatic heterocycles. The number of fused-ring (bicyclic) bond motifs is 11. The summed E-state index contributed by atoms with van der Waals surface area (Å²) in [4.78, 5) is 57.8. The molecule has 2 spiro atoms. The van der Waals surface area contributed by atoms with Crippen LogP contribution in [0.15, 0.2) is 48.5 Å². The van der Waals surface area contributed by atoms with Gasteiger partial charge >= 0.3 is 0 Å². The molecule has 10 aliphatic heterocycles. The normalized spacial score (nSPS) is 44.7. The van der Waals surface area contributed by atoms with Crippen LogP contribution in [0.4, 0.5) is 11.4 Å². The molecule has 4 amide bonds. The number of anilines is 2. The summed E-state index contributed by atoms with van der Waals surface area (Å²) in [5.74, 6) is -1.77. The van der Waals surface area contributed by atoms with Gasteiger partial charge in [0.05, 0.1) is 24.0 Å². The van der Waals surface area contributed by atoms with E-state index in [0.717, 1.165) is 27.2 Å². The van der Waals surface area contributed by atoms with E-state index in [9.17, 15) is 34.5 Å². The van der Waals surface area contributed by atoms with Crippen molar-refractivity contribution in [1.82, 2.24) is 19.6 Å². The van der Waals surface area contributed by atoms with Crippen molar-refractivity contribution in [3.8, 4) is 0 Å². The van der Waals surface area contributed by atoms with Crippen molar-refractivity contribution in [2.24, 2.45) is 0 Å². The quantitative estimate of drug-likeness (QED) is 0.277. The Hall–Kier alpha value is -2.80. The molecule has 5 N–H and O–H groups in total. The van der Waals surface area contributed by atoms with Crippen molar-refractivity contribution in [3.63, 3.8) is 0 Å². The maximum Gasteiger partial charge on any atom is 0.265 e. The highest BCUT2D eigenvalue weighted by molar-refractivity contribution is 8.78. The van der Waals surface area contributed by atoms with Crippen LogP contribution in [0, 0.1) is 0 Å². The van der Waals surface area contributed by atoms with Gasteiger partial charge in [-0.3, -0.25) is 29.0 Å². The van der Waals surface area contributed by atoms with E-state index in [1.165, 1.54) is 50.4 Å². The van der Waals surface area contributed by atoms with Crippen molar-refractivity contribution < 1.29 is 34.5 Å². The second-order valence-corrected chi connectivity index (χ2v) is 18.7. The lowest BCUT2D eigenvalue weighted by molar-refractivity contribution is -0.169. The third-order valence-electron chi connectivity index (χ3n) is 12.1. The van der Waals surface area contributed by atoms with Gasteiger partial charge < -0.3 is 35.8 Å². The molecule has 2 aromatic carbocycles. The Kier molecular flexibility index (Phi) is 5.26. The van der Waals surface area contributed by atoms with Crippen LogP contribution in [-0.2, 0) is 30.0 Å². The molecule has 2 aromatic rings. The summed E-state index contributed by atoms with van der Waals surface area (Å²) in [6.45, 7) is -1.21. The molecule has 0 radical (unpaired) electrons. The fraction of sp³-hybridized carbons (Fsp3) is 0.467. The first-order valence-corrected chi connectivity index (χ1v) is 19.4. The monoisotopic (exact) mass is 712 g/mol. The van der Waals surface area contributed by atoms with Crippen LogP contribution in [0.1, 0.15) is 17.5 Å². The maximum atomic E-state index is 14.7. The maximum absolute atomic E-state index is 14.7. The number of amides is 4. The van der Waals surface area contributed by atoms with Crippen LogP contribution in [0.3, 0.4) is 0 Å². The van der Waals surface area contributed by atoms with Crippen LogP contribution < -0.4 is 10.6 Å². The predicted molar refractivity (Wildman–Crippen MR) is 176 cm³/mol. The van der Waals surface area contributed by atoms with E-state index >= 15 is 0 Å². The number of carbonyl (C=O) groups is 4. The Balaban J connectivity index is 1.32. The highest BCUT2D eigenvalue weighted by Gasteiger charge is 2.90. The Morgan fingerprint density at radius 1 is 0.723 bits per heavy atom. The third kappa shape index (κ3) is 2.53. The molecule has 10 heterocycles. The standard InChI is InChI=1S/C30H28N6O7S4/c1-33-21(40)26-11-25(14-7-3-5-9-16(14)31-19(25)35(26)22(41)27(33,12-37)45-44-26)29-15-8-4-6-10-17(15)32-20(29)36-23(42)28(13-38)34(2)24(43)30(36,18(29)39)47-46-28/h3-10,18-20,31-32,37-39H,11-13H2,1-2H3. The lowest BCUT2D eigenvalue weighted by Crippen LogP contribution is -2.79. The summed E-state index contributed by atoms with van der Waals surface area (Å²) < 4.78 is 0. The molecule has 8 fully saturated rings. The summed E-state index contributed by atoms with van der Waals surface area (Å²) in [7, 11) is 7.58. The number of likely N-dealkylation sites (N-methyl/N-ethyl adjacent to an activating group) is 2. The number of aliphatic hydroxyl groups excluding tert-OH is 3. The molecular weight excluding hydrogens is 685 g/mol. The Bertz CT molecular complexity index is 1910. The Morgan fingerprint density at radius 3 is 1.96 bits per heavy atom. The molecule has 4 bridgehead atoms. The number of piperazine rings is 2. The molecule has 13 nitrogen and oxygen atoms in total. The van der Waals surface area contributed by atoms with E-state index in [1.807, 2.05) is 48.5 Å². The van der Waals surface area contributed by atoms with E-state index in [2.05, 4.69) is 10.6 Å². The second kappa shape index (κ2) is 8.49. The molecule has 47 heavy (non-hydrogen) atoms. The summed E-state index contributed by atoms with van der Waals surface area (Å²) in [6, 6.07) is 15.0. The lowest BCUT2D eigenvalue weighted by Gasteiger charge is -2.58. The molecule has 9 atom stereocenters. The average molecular weight is 713 g/mol. The first-order chi connectivity index (χ1) is 22.5. The minimum atomic E-state index is -1.78. The van der Waals surface area contributed by atoms with Gasteiger partial charge in [-0.1, -0.05) is 47.2 Å². The number of carbonyl (C=O) groups excluding carboxylic acids is 4. The third-order valence-corrected chi connectivity index (χ3v) is 19.3. The predicted octanol–water partition coefficient (Wildman–Crippen LogP) is 0.305. The fourth-order valence-corrected chi connectivity index (χ4v) is 17.3. The van der Waals surface area contributed by atoms with Crippen LogP contribution in [0.5, 0.6) is 0 Å². The van der Waals surface area contributed by atoms with Crippen LogP contribution in [0.25, 0.3) is 0 Å². The molecule has 0 saturated carbocycles. The van der Waals surface area contributed by atoms with Gasteiger partial charge in [-0.15, -0.1) is 0 Å². The highest BCUT2D eigenvalue weighted by atomic mass is 33.1. The van der Waals surface area contributed by atoms with E-state index in [-0.39, 0.29) is 12.3 Å². The zero-order valence-electron chi connectivity index (χ0n) is 24.9. The number of benzene rings is 2. The van der Waals surface area contributed by atoms with Crippen molar-refractivity contribution in [2.75, 3.05) is 37.9 Å². The van der Waals surface area contributed by atoms with Crippen LogP contribution in [0.2, 0.25) is 0 Å². The van der Waals surface area contributed by atoms with Crippen molar-refractivity contribution >= 4 is 78.2 Å². The summed E-state index contributed by atoms with van der Waals surface area (Å²) in [6.07, 6.45) is -3.39. The van der Waals surface area contributed by atoms with Crippen LogP contribution >= 0.6 is 43.2 Å². The van der Waals surface area contributed by atoms with Gasteiger partial charge in [0.15, 0.2) is 4.87 Å². The van der Waals surface area contributed by atoms with E-state index in [0.29, 0.717) is 16.9 Å². The van der Waals surface area contributed by atoms with Gasteiger partial charge in [-0.2, -0.15) is 0 Å². The molecular formula is C30H28N6O7S4. The SMILES string of the molecule is CN1C(=O)C23CC4(C56c7ccccc7NC5N5C(=O)C7(CO)SSC5(C(=O)N7C)C6O)c5ccccc5NC4N2C(=O)C1(CO)SS3. The number of hydrogen-bond donors (Lipinski definition) is 5. The lowest BCUT2D eigenvalue weighted by atomic mass is 9.53. The fourth-order valence-electron chi connectivity index (χ4n) is 9.99. The summed E-state index contributed by atoms with van der Waals surface area (Å²) >= 11 is 0. The van der Waals surface area contributed by atoms with Gasteiger partial charge in [0.25, 0.3) is 23.6 Å². The van der Waals surface area contributed by atoms with Crippen molar-refractivity contribution in [1.29, 1.82) is 0 Å². The molecule has 17 heteroatoms.